The third-order valence-electron chi connectivity index (χ3n) is 4.12. The Hall–Kier alpha value is -3.41. The molecule has 26 heavy (non-hydrogen) atoms. The summed E-state index contributed by atoms with van der Waals surface area (Å²) in [4.78, 5) is 25.4. The lowest BCUT2D eigenvalue weighted by Crippen LogP contribution is -2.26. The van der Waals surface area contributed by atoms with Crippen LogP contribution in [0.4, 0.5) is 0 Å². The van der Waals surface area contributed by atoms with Crippen LogP contribution in [0.15, 0.2) is 60.8 Å². The van der Waals surface area contributed by atoms with Gasteiger partial charge in [-0.05, 0) is 36.4 Å². The Morgan fingerprint density at radius 3 is 2.35 bits per heavy atom. The molecule has 0 bridgehead atoms. The molecule has 0 spiro atoms. The smallest absolute Gasteiger partial charge is 0.252 e. The summed E-state index contributed by atoms with van der Waals surface area (Å²) in [5.41, 5.74) is 2.07. The van der Waals surface area contributed by atoms with Crippen LogP contribution < -0.4 is 10.1 Å². The van der Waals surface area contributed by atoms with Gasteiger partial charge in [0.1, 0.15) is 5.75 Å². The summed E-state index contributed by atoms with van der Waals surface area (Å²) in [5.74, 6) is 0.159. The number of rotatable bonds is 6. The van der Waals surface area contributed by atoms with Gasteiger partial charge in [0.2, 0.25) is 0 Å². The van der Waals surface area contributed by atoms with Crippen LogP contribution in [0.25, 0.3) is 0 Å². The van der Waals surface area contributed by atoms with Gasteiger partial charge in [0, 0.05) is 24.4 Å². The normalized spacial score (nSPS) is 10.4. The van der Waals surface area contributed by atoms with E-state index in [2.05, 4.69) is 10.4 Å². The van der Waals surface area contributed by atoms with Crippen molar-refractivity contribution in [1.82, 2.24) is 15.1 Å². The molecule has 132 valence electrons. The molecule has 1 N–H and O–H groups in total. The number of ketones is 1. The number of carbonyl (C=O) groups is 2. The minimum absolute atomic E-state index is 0.209. The van der Waals surface area contributed by atoms with E-state index in [1.54, 1.807) is 66.5 Å². The van der Waals surface area contributed by atoms with Crippen LogP contribution in [0, 0.1) is 0 Å². The molecule has 0 atom stereocenters. The summed E-state index contributed by atoms with van der Waals surface area (Å²) in [6.45, 7) is 0.334. The number of aryl methyl sites for hydroxylation is 1. The number of nitrogens with one attached hydrogen (secondary N) is 1. The number of nitrogens with zero attached hydrogens (tertiary/aromatic N) is 2. The van der Waals surface area contributed by atoms with Gasteiger partial charge < -0.3 is 10.1 Å². The van der Waals surface area contributed by atoms with Gasteiger partial charge in [-0.1, -0.05) is 18.2 Å². The zero-order chi connectivity index (χ0) is 18.5. The maximum atomic E-state index is 12.8. The van der Waals surface area contributed by atoms with E-state index in [0.717, 1.165) is 5.69 Å². The maximum absolute atomic E-state index is 12.8. The van der Waals surface area contributed by atoms with Gasteiger partial charge in [-0.15, -0.1) is 0 Å². The van der Waals surface area contributed by atoms with Crippen molar-refractivity contribution in [3.8, 4) is 5.75 Å². The predicted octanol–water partition coefficient (Wildman–Crippen LogP) is 2.59. The van der Waals surface area contributed by atoms with Gasteiger partial charge in [0.15, 0.2) is 5.78 Å². The van der Waals surface area contributed by atoms with Crippen molar-refractivity contribution < 1.29 is 14.3 Å². The predicted molar refractivity (Wildman–Crippen MR) is 97.2 cm³/mol. The average Bonchev–Trinajstić information content (AvgIpc) is 3.10. The molecular formula is C20H19N3O3. The van der Waals surface area contributed by atoms with E-state index in [4.69, 9.17) is 4.74 Å². The quantitative estimate of drug-likeness (QED) is 0.694. The Morgan fingerprint density at radius 1 is 1.04 bits per heavy atom. The Kier molecular flexibility index (Phi) is 5.12. The first-order valence-corrected chi connectivity index (χ1v) is 8.13. The second-order valence-electron chi connectivity index (χ2n) is 5.73. The van der Waals surface area contributed by atoms with E-state index < -0.39 is 0 Å². The Balaban J connectivity index is 1.81. The number of hydrogen-bond acceptors (Lipinski definition) is 4. The summed E-state index contributed by atoms with van der Waals surface area (Å²) >= 11 is 0. The number of aromatic nitrogens is 2. The standard InChI is InChI=1S/C20H19N3O3/c1-23-15(11-12-22-23)13-21-20(25)18-6-4-3-5-17(18)19(24)14-7-9-16(26-2)10-8-14/h3-12H,13H2,1-2H3,(H,21,25). The molecule has 3 aromatic rings. The topological polar surface area (TPSA) is 73.2 Å². The maximum Gasteiger partial charge on any atom is 0.252 e. The van der Waals surface area contributed by atoms with Crippen molar-refractivity contribution in [3.05, 3.63) is 83.2 Å². The molecule has 0 aliphatic carbocycles. The number of amides is 1. The highest BCUT2D eigenvalue weighted by atomic mass is 16.5. The molecular weight excluding hydrogens is 330 g/mol. The highest BCUT2D eigenvalue weighted by Gasteiger charge is 2.18. The fraction of sp³-hybridized carbons (Fsp3) is 0.150. The van der Waals surface area contributed by atoms with Crippen LogP contribution in [0.5, 0.6) is 5.75 Å². The van der Waals surface area contributed by atoms with Crippen LogP contribution in [-0.4, -0.2) is 28.6 Å². The molecule has 2 aromatic carbocycles. The van der Waals surface area contributed by atoms with E-state index in [9.17, 15) is 9.59 Å². The fourth-order valence-electron chi connectivity index (χ4n) is 2.62. The summed E-state index contributed by atoms with van der Waals surface area (Å²) in [6, 6.07) is 15.4. The molecule has 1 amide bonds. The van der Waals surface area contributed by atoms with Crippen molar-refractivity contribution in [2.24, 2.45) is 7.05 Å². The van der Waals surface area contributed by atoms with E-state index in [1.165, 1.54) is 0 Å². The molecule has 1 heterocycles. The van der Waals surface area contributed by atoms with Crippen molar-refractivity contribution >= 4 is 11.7 Å². The third kappa shape index (κ3) is 3.64. The molecule has 0 radical (unpaired) electrons. The third-order valence-corrected chi connectivity index (χ3v) is 4.12. The average molecular weight is 349 g/mol. The number of hydrogen-bond donors (Lipinski definition) is 1. The fourth-order valence-corrected chi connectivity index (χ4v) is 2.62. The van der Waals surface area contributed by atoms with Gasteiger partial charge in [-0.25, -0.2) is 0 Å². The molecule has 0 aliphatic rings. The highest BCUT2D eigenvalue weighted by Crippen LogP contribution is 2.18. The first-order chi connectivity index (χ1) is 12.6. The van der Waals surface area contributed by atoms with Crippen molar-refractivity contribution in [3.63, 3.8) is 0 Å². The Bertz CT molecular complexity index is 929. The molecule has 6 nitrogen and oxygen atoms in total. The van der Waals surface area contributed by atoms with Gasteiger partial charge in [-0.2, -0.15) is 5.10 Å². The zero-order valence-electron chi connectivity index (χ0n) is 14.6. The molecule has 0 saturated heterocycles. The highest BCUT2D eigenvalue weighted by molar-refractivity contribution is 6.15. The van der Waals surface area contributed by atoms with Crippen LogP contribution >= 0.6 is 0 Å². The zero-order valence-corrected chi connectivity index (χ0v) is 14.6. The minimum Gasteiger partial charge on any atom is -0.497 e. The van der Waals surface area contributed by atoms with Gasteiger partial charge in [0.05, 0.1) is 24.9 Å². The lowest BCUT2D eigenvalue weighted by molar-refractivity contribution is 0.0939. The van der Waals surface area contributed by atoms with Crippen LogP contribution in [0.1, 0.15) is 32.0 Å². The summed E-state index contributed by atoms with van der Waals surface area (Å²) in [6.07, 6.45) is 1.67. The van der Waals surface area contributed by atoms with E-state index in [0.29, 0.717) is 29.0 Å². The number of ether oxygens (including phenoxy) is 1. The number of benzene rings is 2. The van der Waals surface area contributed by atoms with E-state index >= 15 is 0 Å². The summed E-state index contributed by atoms with van der Waals surface area (Å²) in [5, 5.41) is 6.90. The van der Waals surface area contributed by atoms with Crippen LogP contribution in [0.3, 0.4) is 0 Å². The van der Waals surface area contributed by atoms with E-state index in [1.807, 2.05) is 13.1 Å². The number of carbonyl (C=O) groups excluding carboxylic acids is 2. The molecule has 0 saturated carbocycles. The molecule has 0 unspecified atom stereocenters. The summed E-state index contributed by atoms with van der Waals surface area (Å²) in [7, 11) is 3.38. The second-order valence-corrected chi connectivity index (χ2v) is 5.73. The van der Waals surface area contributed by atoms with Crippen LogP contribution in [0.2, 0.25) is 0 Å². The Morgan fingerprint density at radius 2 is 1.73 bits per heavy atom. The van der Waals surface area contributed by atoms with Gasteiger partial charge in [0.25, 0.3) is 5.91 Å². The first-order valence-electron chi connectivity index (χ1n) is 8.13. The molecule has 1 aromatic heterocycles. The molecule has 3 rings (SSSR count). The van der Waals surface area contributed by atoms with Gasteiger partial charge in [-0.3, -0.25) is 14.3 Å². The van der Waals surface area contributed by atoms with Crippen molar-refractivity contribution in [1.29, 1.82) is 0 Å². The van der Waals surface area contributed by atoms with E-state index in [-0.39, 0.29) is 11.7 Å². The van der Waals surface area contributed by atoms with Crippen LogP contribution in [-0.2, 0) is 13.6 Å². The van der Waals surface area contributed by atoms with Crippen molar-refractivity contribution in [2.45, 2.75) is 6.54 Å². The first kappa shape index (κ1) is 17.4. The minimum atomic E-state index is -0.302. The molecule has 6 heteroatoms. The SMILES string of the molecule is COc1ccc(C(=O)c2ccccc2C(=O)NCc2ccnn2C)cc1. The lowest BCUT2D eigenvalue weighted by atomic mass is 9.98. The molecule has 0 fully saturated rings. The Labute approximate surface area is 151 Å². The van der Waals surface area contributed by atoms with Gasteiger partial charge >= 0.3 is 0 Å². The second kappa shape index (κ2) is 7.65. The lowest BCUT2D eigenvalue weighted by Gasteiger charge is -2.10. The monoisotopic (exact) mass is 349 g/mol. The molecule has 0 aliphatic heterocycles. The largest absolute Gasteiger partial charge is 0.497 e. The van der Waals surface area contributed by atoms with Crippen molar-refractivity contribution in [2.75, 3.05) is 7.11 Å². The number of methoxy groups -OCH3 is 1. The summed E-state index contributed by atoms with van der Waals surface area (Å²) < 4.78 is 6.80.